The lowest BCUT2D eigenvalue weighted by Gasteiger charge is -2.09. The van der Waals surface area contributed by atoms with Crippen LogP contribution < -0.4 is 0 Å². The lowest BCUT2D eigenvalue weighted by atomic mass is 10.2. The molecule has 1 rings (SSSR count). The molecule has 0 saturated heterocycles. The van der Waals surface area contributed by atoms with Gasteiger partial charge in [0.15, 0.2) is 9.84 Å². The van der Waals surface area contributed by atoms with E-state index in [1.165, 1.54) is 19.1 Å². The van der Waals surface area contributed by atoms with Crippen molar-refractivity contribution in [2.45, 2.75) is 23.6 Å². The molecule has 7 heteroatoms. The van der Waals surface area contributed by atoms with E-state index in [1.807, 2.05) is 0 Å². The minimum Gasteiger partial charge on any atom is -0.224 e. The van der Waals surface area contributed by atoms with Gasteiger partial charge in [0.1, 0.15) is 0 Å². The van der Waals surface area contributed by atoms with Gasteiger partial charge >= 0.3 is 0 Å². The normalized spacial score (nSPS) is 12.8. The Labute approximate surface area is 99.6 Å². The Bertz CT molecular complexity index is 576. The fourth-order valence-electron chi connectivity index (χ4n) is 1.43. The Morgan fingerprint density at radius 3 is 1.81 bits per heavy atom. The second-order valence-corrected chi connectivity index (χ2v) is 8.11. The number of halogens is 1. The lowest BCUT2D eigenvalue weighted by molar-refractivity contribution is 0.600. The molecule has 0 aliphatic carbocycles. The van der Waals surface area contributed by atoms with Gasteiger partial charge in [0.05, 0.1) is 9.79 Å². The van der Waals surface area contributed by atoms with Crippen LogP contribution in [0.5, 0.6) is 0 Å². The van der Waals surface area contributed by atoms with Crippen LogP contribution in [0.3, 0.4) is 0 Å². The van der Waals surface area contributed by atoms with Gasteiger partial charge in [0.2, 0.25) is 0 Å². The number of sulfone groups is 1. The van der Waals surface area contributed by atoms with Crippen LogP contribution in [0.2, 0.25) is 0 Å². The largest absolute Gasteiger partial charge is 0.261 e. The molecule has 0 fully saturated rings. The molecule has 0 aromatic heterocycles. The van der Waals surface area contributed by atoms with Crippen LogP contribution in [0.1, 0.15) is 11.1 Å². The van der Waals surface area contributed by atoms with Crippen molar-refractivity contribution in [3.63, 3.8) is 0 Å². The summed E-state index contributed by atoms with van der Waals surface area (Å²) in [6.45, 7) is 3.03. The Morgan fingerprint density at radius 2 is 1.44 bits per heavy atom. The molecular weight excluding hydrogens is 272 g/mol. The summed E-state index contributed by atoms with van der Waals surface area (Å²) in [7, 11) is -2.16. The fraction of sp³-hybridized carbons (Fsp3) is 0.333. The average Bonchev–Trinajstić information content (AvgIpc) is 2.04. The number of aryl methyl sites for hydroxylation is 1. The summed E-state index contributed by atoms with van der Waals surface area (Å²) in [6, 6.07) is 2.78. The summed E-state index contributed by atoms with van der Waals surface area (Å²) in [5.41, 5.74) is 0.688. The highest BCUT2D eigenvalue weighted by atomic mass is 35.7. The Morgan fingerprint density at radius 1 is 1.00 bits per heavy atom. The molecule has 0 amide bonds. The van der Waals surface area contributed by atoms with E-state index in [0.717, 1.165) is 6.26 Å². The van der Waals surface area contributed by atoms with E-state index >= 15 is 0 Å². The third kappa shape index (κ3) is 2.75. The average molecular weight is 283 g/mol. The van der Waals surface area contributed by atoms with Gasteiger partial charge in [-0.25, -0.2) is 16.8 Å². The third-order valence-electron chi connectivity index (χ3n) is 2.12. The zero-order valence-corrected chi connectivity index (χ0v) is 11.4. The number of hydrogen-bond donors (Lipinski definition) is 0. The third-order valence-corrected chi connectivity index (χ3v) is 4.79. The van der Waals surface area contributed by atoms with Crippen molar-refractivity contribution in [2.75, 3.05) is 6.26 Å². The van der Waals surface area contributed by atoms with Gasteiger partial charge in [-0.15, -0.1) is 0 Å². The summed E-state index contributed by atoms with van der Waals surface area (Å²) in [6.07, 6.45) is 1.03. The second kappa shape index (κ2) is 4.01. The summed E-state index contributed by atoms with van der Waals surface area (Å²) in [5, 5.41) is 0. The minimum absolute atomic E-state index is 0.00766. The Balaban J connectivity index is 3.78. The Hall–Kier alpha value is -0.590. The highest BCUT2D eigenvalue weighted by molar-refractivity contribution is 8.13. The van der Waals surface area contributed by atoms with E-state index in [1.54, 1.807) is 6.92 Å². The van der Waals surface area contributed by atoms with Crippen molar-refractivity contribution >= 4 is 29.6 Å². The monoisotopic (exact) mass is 282 g/mol. The molecule has 0 spiro atoms. The number of hydrogen-bond acceptors (Lipinski definition) is 4. The quantitative estimate of drug-likeness (QED) is 0.773. The maximum Gasteiger partial charge on any atom is 0.261 e. The van der Waals surface area contributed by atoms with Gasteiger partial charge in [0.25, 0.3) is 9.05 Å². The molecule has 0 N–H and O–H groups in total. The molecule has 16 heavy (non-hydrogen) atoms. The predicted octanol–water partition coefficient (Wildman–Crippen LogP) is 1.63. The summed E-state index contributed by atoms with van der Waals surface area (Å²) >= 11 is 0. The van der Waals surface area contributed by atoms with Crippen molar-refractivity contribution in [3.05, 3.63) is 23.3 Å². The molecule has 1 aromatic rings. The highest BCUT2D eigenvalue weighted by Gasteiger charge is 2.20. The van der Waals surface area contributed by atoms with Crippen LogP contribution in [-0.4, -0.2) is 23.1 Å². The maximum absolute atomic E-state index is 11.4. The molecule has 0 heterocycles. The maximum atomic E-state index is 11.4. The van der Waals surface area contributed by atoms with E-state index in [2.05, 4.69) is 0 Å². The van der Waals surface area contributed by atoms with E-state index in [-0.39, 0.29) is 15.4 Å². The van der Waals surface area contributed by atoms with Gasteiger partial charge in [-0.1, -0.05) is 0 Å². The molecule has 0 saturated carbocycles. The van der Waals surface area contributed by atoms with Crippen molar-refractivity contribution in [3.8, 4) is 0 Å². The molecule has 1 aromatic carbocycles. The molecule has 4 nitrogen and oxygen atoms in total. The summed E-state index contributed by atoms with van der Waals surface area (Å²) in [4.78, 5) is -0.165. The van der Waals surface area contributed by atoms with E-state index < -0.39 is 18.9 Å². The SMILES string of the molecule is Cc1cc(S(C)(=O)=O)c(C)c(S(=O)(=O)Cl)c1. The summed E-state index contributed by atoms with van der Waals surface area (Å²) < 4.78 is 45.4. The van der Waals surface area contributed by atoms with Crippen molar-refractivity contribution in [1.82, 2.24) is 0 Å². The molecule has 90 valence electrons. The van der Waals surface area contributed by atoms with Gasteiger partial charge in [0, 0.05) is 16.9 Å². The van der Waals surface area contributed by atoms with Gasteiger partial charge in [-0.05, 0) is 37.1 Å². The molecule has 0 radical (unpaired) electrons. The van der Waals surface area contributed by atoms with E-state index in [4.69, 9.17) is 10.7 Å². The van der Waals surface area contributed by atoms with Crippen LogP contribution >= 0.6 is 10.7 Å². The zero-order chi connectivity index (χ0) is 12.7. The summed E-state index contributed by atoms with van der Waals surface area (Å²) in [5.74, 6) is 0. The standard InChI is InChI=1S/C9H11ClO4S2/c1-6-4-8(15(3,11)12)7(2)9(5-6)16(10,13)14/h4-5H,1-3H3. The molecule has 0 atom stereocenters. The second-order valence-electron chi connectivity index (χ2n) is 3.60. The van der Waals surface area contributed by atoms with Crippen molar-refractivity contribution < 1.29 is 16.8 Å². The van der Waals surface area contributed by atoms with E-state index in [0.29, 0.717) is 5.56 Å². The van der Waals surface area contributed by atoms with Crippen LogP contribution in [0.25, 0.3) is 0 Å². The molecule has 0 aliphatic heterocycles. The number of rotatable bonds is 2. The zero-order valence-electron chi connectivity index (χ0n) is 8.98. The van der Waals surface area contributed by atoms with Crippen molar-refractivity contribution in [1.29, 1.82) is 0 Å². The smallest absolute Gasteiger partial charge is 0.224 e. The minimum atomic E-state index is -3.93. The molecule has 0 bridgehead atoms. The number of benzene rings is 1. The van der Waals surface area contributed by atoms with Crippen molar-refractivity contribution in [2.24, 2.45) is 0 Å². The molecule has 0 aliphatic rings. The van der Waals surface area contributed by atoms with Gasteiger partial charge < -0.3 is 0 Å². The predicted molar refractivity (Wildman–Crippen MR) is 62.1 cm³/mol. The first kappa shape index (κ1) is 13.5. The van der Waals surface area contributed by atoms with Crippen LogP contribution in [-0.2, 0) is 18.9 Å². The van der Waals surface area contributed by atoms with Gasteiger partial charge in [-0.2, -0.15) is 0 Å². The van der Waals surface area contributed by atoms with Crippen LogP contribution in [0.4, 0.5) is 0 Å². The Kier molecular flexibility index (Phi) is 3.38. The van der Waals surface area contributed by atoms with Gasteiger partial charge in [-0.3, -0.25) is 0 Å². The topological polar surface area (TPSA) is 68.3 Å². The molecule has 0 unspecified atom stereocenters. The first-order valence-electron chi connectivity index (χ1n) is 4.29. The van der Waals surface area contributed by atoms with E-state index in [9.17, 15) is 16.8 Å². The molecular formula is C9H11ClO4S2. The van der Waals surface area contributed by atoms with Crippen LogP contribution in [0.15, 0.2) is 21.9 Å². The lowest BCUT2D eigenvalue weighted by Crippen LogP contribution is -2.05. The first-order chi connectivity index (χ1) is 7.03. The fourth-order valence-corrected chi connectivity index (χ4v) is 3.85. The first-order valence-corrected chi connectivity index (χ1v) is 8.49. The highest BCUT2D eigenvalue weighted by Crippen LogP contribution is 2.27. The van der Waals surface area contributed by atoms with Crippen LogP contribution in [0, 0.1) is 13.8 Å².